The molecule has 0 fully saturated rings. The predicted octanol–water partition coefficient (Wildman–Crippen LogP) is 4.88. The van der Waals surface area contributed by atoms with Gasteiger partial charge in [0.25, 0.3) is 0 Å². The lowest BCUT2D eigenvalue weighted by Gasteiger charge is -2.47. The fourth-order valence-electron chi connectivity index (χ4n) is 3.38. The van der Waals surface area contributed by atoms with Crippen LogP contribution in [0.3, 0.4) is 0 Å². The van der Waals surface area contributed by atoms with E-state index in [4.69, 9.17) is 0 Å². The summed E-state index contributed by atoms with van der Waals surface area (Å²) < 4.78 is 0. The van der Waals surface area contributed by atoms with Crippen LogP contribution in [0.4, 0.5) is 0 Å². The van der Waals surface area contributed by atoms with Crippen molar-refractivity contribution in [1.29, 1.82) is 0 Å². The summed E-state index contributed by atoms with van der Waals surface area (Å²) in [5, 5.41) is 1.46. The Bertz CT molecular complexity index is 128. The maximum Gasteiger partial charge on any atom is 0.0652 e. The van der Waals surface area contributed by atoms with E-state index in [9.17, 15) is 0 Å². The zero-order valence-electron chi connectivity index (χ0n) is 11.0. The Hall–Kier alpha value is 0.217. The number of hydrogen-bond donors (Lipinski definition) is 0. The second kappa shape index (κ2) is 3.41. The van der Waals surface area contributed by atoms with Gasteiger partial charge < -0.3 is 0 Å². The van der Waals surface area contributed by atoms with Gasteiger partial charge in [-0.25, -0.2) is 0 Å². The topological polar surface area (TPSA) is 0 Å². The molecule has 0 atom stereocenters. The highest BCUT2D eigenvalue weighted by Crippen LogP contribution is 2.52. The van der Waals surface area contributed by atoms with E-state index in [0.717, 1.165) is 0 Å². The highest BCUT2D eigenvalue weighted by Gasteiger charge is 2.44. The van der Waals surface area contributed by atoms with Gasteiger partial charge in [-0.05, 0) is 15.1 Å². The molecular formula is C12H27Si. The monoisotopic (exact) mass is 199 g/mol. The average molecular weight is 199 g/mol. The highest BCUT2D eigenvalue weighted by atomic mass is 28.3. The van der Waals surface area contributed by atoms with E-state index in [1.807, 2.05) is 0 Å². The minimum absolute atomic E-state index is 0.391. The molecule has 0 N–H and O–H groups in total. The van der Waals surface area contributed by atoms with Crippen molar-refractivity contribution in [3.63, 3.8) is 0 Å². The molecule has 0 aliphatic rings. The zero-order valence-corrected chi connectivity index (χ0v) is 12.0. The Morgan fingerprint density at radius 1 is 0.462 bits per heavy atom. The van der Waals surface area contributed by atoms with Gasteiger partial charge >= 0.3 is 0 Å². The van der Waals surface area contributed by atoms with Gasteiger partial charge in [0.15, 0.2) is 0 Å². The van der Waals surface area contributed by atoms with E-state index >= 15 is 0 Å². The molecule has 0 aliphatic heterocycles. The maximum atomic E-state index is 2.40. The van der Waals surface area contributed by atoms with Crippen molar-refractivity contribution in [2.75, 3.05) is 0 Å². The summed E-state index contributed by atoms with van der Waals surface area (Å²) in [5.74, 6) is 0. The normalized spacial score (nSPS) is 15.2. The fraction of sp³-hybridized carbons (Fsp3) is 1.00. The van der Waals surface area contributed by atoms with Crippen molar-refractivity contribution in [2.45, 2.75) is 77.4 Å². The Kier molecular flexibility index (Phi) is 3.47. The van der Waals surface area contributed by atoms with Crippen LogP contribution in [-0.2, 0) is 0 Å². The molecular weight excluding hydrogens is 172 g/mol. The summed E-state index contributed by atoms with van der Waals surface area (Å²) in [6.07, 6.45) is 0. The minimum Gasteiger partial charge on any atom is -0.0627 e. The standard InChI is InChI=1S/C12H27Si/c1-10(2,3)13(11(4,5)6)12(7,8)9/h1-9H3. The molecule has 0 heterocycles. The van der Waals surface area contributed by atoms with Gasteiger partial charge in [-0.15, -0.1) is 0 Å². The van der Waals surface area contributed by atoms with Gasteiger partial charge in [0, 0.05) is 0 Å². The van der Waals surface area contributed by atoms with Crippen LogP contribution in [0.2, 0.25) is 15.1 Å². The van der Waals surface area contributed by atoms with Gasteiger partial charge in [0.05, 0.1) is 8.80 Å². The van der Waals surface area contributed by atoms with E-state index in [1.54, 1.807) is 0 Å². The third-order valence-electron chi connectivity index (χ3n) is 2.25. The van der Waals surface area contributed by atoms with Crippen LogP contribution in [0.15, 0.2) is 0 Å². The molecule has 0 saturated carbocycles. The zero-order chi connectivity index (χ0) is 11.1. The van der Waals surface area contributed by atoms with Crippen molar-refractivity contribution >= 4 is 8.80 Å². The third kappa shape index (κ3) is 3.84. The van der Waals surface area contributed by atoms with Gasteiger partial charge in [-0.3, -0.25) is 0 Å². The Labute approximate surface area is 86.7 Å². The molecule has 0 rings (SSSR count). The van der Waals surface area contributed by atoms with E-state index < -0.39 is 8.80 Å². The molecule has 1 heteroatoms. The first-order chi connectivity index (χ1) is 5.37. The lowest BCUT2D eigenvalue weighted by atomic mass is 10.2. The number of hydrogen-bond acceptors (Lipinski definition) is 0. The molecule has 0 saturated heterocycles. The van der Waals surface area contributed by atoms with Gasteiger partial charge in [-0.1, -0.05) is 62.3 Å². The average Bonchev–Trinajstić information content (AvgIpc) is 1.44. The summed E-state index contributed by atoms with van der Waals surface area (Å²) in [6, 6.07) is 0. The second-order valence-corrected chi connectivity index (χ2v) is 12.4. The second-order valence-electron chi connectivity index (χ2n) is 7.12. The SMILES string of the molecule is CC(C)(C)[Si](C(C)(C)C)C(C)(C)C. The summed E-state index contributed by atoms with van der Waals surface area (Å²) in [5.41, 5.74) is 0. The van der Waals surface area contributed by atoms with E-state index in [0.29, 0.717) is 15.1 Å². The highest BCUT2D eigenvalue weighted by molar-refractivity contribution is 6.68. The van der Waals surface area contributed by atoms with Crippen LogP contribution in [0, 0.1) is 0 Å². The molecule has 0 aliphatic carbocycles. The molecule has 0 aromatic carbocycles. The van der Waals surface area contributed by atoms with Crippen molar-refractivity contribution in [2.24, 2.45) is 0 Å². The lowest BCUT2D eigenvalue weighted by molar-refractivity contribution is 0.568. The Morgan fingerprint density at radius 2 is 0.615 bits per heavy atom. The van der Waals surface area contributed by atoms with Crippen LogP contribution in [-0.4, -0.2) is 8.80 Å². The van der Waals surface area contributed by atoms with Crippen LogP contribution in [0.1, 0.15) is 62.3 Å². The molecule has 1 radical (unpaired) electrons. The molecule has 0 aromatic heterocycles. The summed E-state index contributed by atoms with van der Waals surface area (Å²) in [7, 11) is -0.391. The van der Waals surface area contributed by atoms with Crippen LogP contribution < -0.4 is 0 Å². The first-order valence-electron chi connectivity index (χ1n) is 5.25. The maximum absolute atomic E-state index is 2.40. The largest absolute Gasteiger partial charge is 0.0652 e. The smallest absolute Gasteiger partial charge is 0.0627 e. The fourth-order valence-corrected chi connectivity index (χ4v) is 10.1. The summed E-state index contributed by atoms with van der Waals surface area (Å²) >= 11 is 0. The van der Waals surface area contributed by atoms with E-state index in [2.05, 4.69) is 62.3 Å². The summed E-state index contributed by atoms with van der Waals surface area (Å²) in [6.45, 7) is 21.6. The predicted molar refractivity (Wildman–Crippen MR) is 64.9 cm³/mol. The number of rotatable bonds is 0. The third-order valence-corrected chi connectivity index (χ3v) is 6.75. The molecule has 0 spiro atoms. The van der Waals surface area contributed by atoms with Crippen LogP contribution in [0.5, 0.6) is 0 Å². The minimum atomic E-state index is -0.391. The van der Waals surface area contributed by atoms with Crippen molar-refractivity contribution < 1.29 is 0 Å². The Morgan fingerprint density at radius 3 is 0.615 bits per heavy atom. The van der Waals surface area contributed by atoms with Crippen molar-refractivity contribution in [1.82, 2.24) is 0 Å². The summed E-state index contributed by atoms with van der Waals surface area (Å²) in [4.78, 5) is 0. The van der Waals surface area contributed by atoms with E-state index in [-0.39, 0.29) is 0 Å². The van der Waals surface area contributed by atoms with Gasteiger partial charge in [0.2, 0.25) is 0 Å². The van der Waals surface area contributed by atoms with Crippen molar-refractivity contribution in [3.8, 4) is 0 Å². The molecule has 0 bridgehead atoms. The van der Waals surface area contributed by atoms with Crippen LogP contribution in [0.25, 0.3) is 0 Å². The lowest BCUT2D eigenvalue weighted by Crippen LogP contribution is -2.42. The Balaban J connectivity index is 5.02. The first kappa shape index (κ1) is 13.2. The molecule has 0 aromatic rings. The van der Waals surface area contributed by atoms with E-state index in [1.165, 1.54) is 0 Å². The van der Waals surface area contributed by atoms with Crippen LogP contribution >= 0.6 is 0 Å². The quantitative estimate of drug-likeness (QED) is 0.488. The molecule has 13 heavy (non-hydrogen) atoms. The molecule has 0 nitrogen and oxygen atoms in total. The van der Waals surface area contributed by atoms with Crippen molar-refractivity contribution in [3.05, 3.63) is 0 Å². The van der Waals surface area contributed by atoms with Gasteiger partial charge in [0.1, 0.15) is 0 Å². The molecule has 79 valence electrons. The molecule has 0 amide bonds. The molecule has 0 unspecified atom stereocenters. The van der Waals surface area contributed by atoms with Gasteiger partial charge in [-0.2, -0.15) is 0 Å². The first-order valence-corrected chi connectivity index (χ1v) is 6.75.